The Morgan fingerprint density at radius 1 is 1.09 bits per heavy atom. The summed E-state index contributed by atoms with van der Waals surface area (Å²) in [4.78, 5) is 36.3. The van der Waals surface area contributed by atoms with Crippen LogP contribution in [0.1, 0.15) is 35.8 Å². The minimum atomic E-state index is -0.145. The highest BCUT2D eigenvalue weighted by Gasteiger charge is 2.36. The number of piperidine rings is 1. The summed E-state index contributed by atoms with van der Waals surface area (Å²) in [5, 5.41) is 0.867. The fourth-order valence-electron chi connectivity index (χ4n) is 5.32. The number of hydrogen-bond donors (Lipinski definition) is 1. The summed E-state index contributed by atoms with van der Waals surface area (Å²) in [6.45, 7) is 6.36. The number of carbonyl (C=O) groups is 2. The standard InChI is InChI=1S/C28H34N4O3/c1-20-11-13-30(14-12-20)17-22-18-31(19-27(33)32(22)16-21-7-4-3-5-8-21)28(34)25-15-23-24(29-25)9-6-10-26(23)35-2/h3-10,15,20,22,29H,11-14,16-19H2,1-2H3/t22-/m0/s1. The summed E-state index contributed by atoms with van der Waals surface area (Å²) in [6.07, 6.45) is 2.36. The molecule has 3 heterocycles. The molecule has 0 spiro atoms. The highest BCUT2D eigenvalue weighted by atomic mass is 16.5. The molecule has 7 heteroatoms. The summed E-state index contributed by atoms with van der Waals surface area (Å²) in [5.41, 5.74) is 2.45. The van der Waals surface area contributed by atoms with Crippen LogP contribution in [0.15, 0.2) is 54.6 Å². The van der Waals surface area contributed by atoms with Gasteiger partial charge in [-0.1, -0.05) is 43.3 Å². The van der Waals surface area contributed by atoms with Crippen molar-refractivity contribution in [3.63, 3.8) is 0 Å². The van der Waals surface area contributed by atoms with Crippen molar-refractivity contribution in [1.82, 2.24) is 19.7 Å². The first kappa shape index (κ1) is 23.4. The second-order valence-electron chi connectivity index (χ2n) is 9.93. The van der Waals surface area contributed by atoms with E-state index in [2.05, 4.69) is 28.9 Å². The molecule has 2 aliphatic heterocycles. The zero-order valence-electron chi connectivity index (χ0n) is 20.6. The zero-order chi connectivity index (χ0) is 24.4. The Bertz CT molecular complexity index is 1180. The molecule has 5 rings (SSSR count). The number of nitrogens with zero attached hydrogens (tertiary/aromatic N) is 3. The summed E-state index contributed by atoms with van der Waals surface area (Å²) in [6, 6.07) is 17.6. The van der Waals surface area contributed by atoms with Crippen LogP contribution in [0.4, 0.5) is 0 Å². The normalized spacial score (nSPS) is 19.9. The van der Waals surface area contributed by atoms with Gasteiger partial charge in [-0.25, -0.2) is 0 Å². The van der Waals surface area contributed by atoms with Crippen molar-refractivity contribution in [3.8, 4) is 5.75 Å². The Hall–Kier alpha value is -3.32. The number of fused-ring (bicyclic) bond motifs is 1. The number of ether oxygens (including phenoxy) is 1. The third-order valence-corrected chi connectivity index (χ3v) is 7.42. The van der Waals surface area contributed by atoms with Gasteiger partial charge in [0.2, 0.25) is 5.91 Å². The number of likely N-dealkylation sites (tertiary alicyclic amines) is 1. The Kier molecular flexibility index (Phi) is 6.77. The average molecular weight is 475 g/mol. The molecule has 184 valence electrons. The van der Waals surface area contributed by atoms with Crippen LogP contribution in [-0.4, -0.2) is 77.4 Å². The lowest BCUT2D eigenvalue weighted by molar-refractivity contribution is -0.140. The van der Waals surface area contributed by atoms with Crippen LogP contribution in [0.2, 0.25) is 0 Å². The number of benzene rings is 2. The first-order valence-corrected chi connectivity index (χ1v) is 12.5. The van der Waals surface area contributed by atoms with Crippen LogP contribution in [0.3, 0.4) is 0 Å². The topological polar surface area (TPSA) is 68.9 Å². The van der Waals surface area contributed by atoms with Gasteiger partial charge in [0.1, 0.15) is 18.0 Å². The smallest absolute Gasteiger partial charge is 0.270 e. The molecule has 35 heavy (non-hydrogen) atoms. The molecule has 2 fully saturated rings. The minimum absolute atomic E-state index is 0.00229. The number of carbonyl (C=O) groups excluding carboxylic acids is 2. The van der Waals surface area contributed by atoms with E-state index in [1.807, 2.05) is 47.4 Å². The zero-order valence-corrected chi connectivity index (χ0v) is 20.6. The van der Waals surface area contributed by atoms with Gasteiger partial charge in [-0.05, 0) is 55.6 Å². The third kappa shape index (κ3) is 5.05. The molecule has 0 saturated carbocycles. The third-order valence-electron chi connectivity index (χ3n) is 7.42. The lowest BCUT2D eigenvalue weighted by atomic mass is 9.98. The average Bonchev–Trinajstić information content (AvgIpc) is 3.32. The summed E-state index contributed by atoms with van der Waals surface area (Å²) < 4.78 is 5.45. The van der Waals surface area contributed by atoms with Crippen molar-refractivity contribution in [2.75, 3.05) is 39.8 Å². The molecule has 7 nitrogen and oxygen atoms in total. The van der Waals surface area contributed by atoms with Gasteiger partial charge in [0.15, 0.2) is 0 Å². The fourth-order valence-corrected chi connectivity index (χ4v) is 5.32. The van der Waals surface area contributed by atoms with Gasteiger partial charge in [-0.15, -0.1) is 0 Å². The van der Waals surface area contributed by atoms with Crippen LogP contribution in [-0.2, 0) is 11.3 Å². The van der Waals surface area contributed by atoms with Gasteiger partial charge < -0.3 is 24.4 Å². The molecule has 2 aromatic carbocycles. The van der Waals surface area contributed by atoms with Crippen LogP contribution in [0.25, 0.3) is 10.9 Å². The number of H-pyrrole nitrogens is 1. The van der Waals surface area contributed by atoms with E-state index in [9.17, 15) is 9.59 Å². The SMILES string of the molecule is COc1cccc2[nH]c(C(=O)N3CC(=O)N(Cc4ccccc4)[C@@H](CN4CCC(C)CC4)C3)cc12. The molecule has 2 saturated heterocycles. The number of hydrogen-bond acceptors (Lipinski definition) is 4. The summed E-state index contributed by atoms with van der Waals surface area (Å²) >= 11 is 0. The maximum Gasteiger partial charge on any atom is 0.270 e. The Morgan fingerprint density at radius 3 is 2.60 bits per heavy atom. The maximum atomic E-state index is 13.5. The number of rotatable bonds is 6. The highest BCUT2D eigenvalue weighted by Crippen LogP contribution is 2.27. The number of methoxy groups -OCH3 is 1. The molecule has 0 bridgehead atoms. The Labute approximate surface area is 206 Å². The molecular weight excluding hydrogens is 440 g/mol. The predicted molar refractivity (Wildman–Crippen MR) is 136 cm³/mol. The number of piperazine rings is 1. The van der Waals surface area contributed by atoms with E-state index in [1.54, 1.807) is 12.0 Å². The molecular formula is C28H34N4O3. The number of nitrogens with one attached hydrogen (secondary N) is 1. The van der Waals surface area contributed by atoms with Gasteiger partial charge in [0.05, 0.1) is 13.2 Å². The van der Waals surface area contributed by atoms with E-state index in [1.165, 1.54) is 12.8 Å². The predicted octanol–water partition coefficient (Wildman–Crippen LogP) is 3.76. The van der Waals surface area contributed by atoms with E-state index in [0.717, 1.165) is 47.8 Å². The van der Waals surface area contributed by atoms with E-state index >= 15 is 0 Å². The quantitative estimate of drug-likeness (QED) is 0.591. The van der Waals surface area contributed by atoms with E-state index in [4.69, 9.17) is 4.74 Å². The monoisotopic (exact) mass is 474 g/mol. The fraction of sp³-hybridized carbons (Fsp3) is 0.429. The van der Waals surface area contributed by atoms with Crippen LogP contribution < -0.4 is 4.74 Å². The van der Waals surface area contributed by atoms with Crippen molar-refractivity contribution in [3.05, 3.63) is 65.9 Å². The van der Waals surface area contributed by atoms with Crippen molar-refractivity contribution in [1.29, 1.82) is 0 Å². The van der Waals surface area contributed by atoms with Crippen molar-refractivity contribution < 1.29 is 14.3 Å². The lowest BCUT2D eigenvalue weighted by Gasteiger charge is -2.44. The number of amides is 2. The lowest BCUT2D eigenvalue weighted by Crippen LogP contribution is -2.60. The molecule has 0 radical (unpaired) electrons. The second kappa shape index (κ2) is 10.1. The second-order valence-corrected chi connectivity index (χ2v) is 9.93. The van der Waals surface area contributed by atoms with E-state index in [-0.39, 0.29) is 24.4 Å². The highest BCUT2D eigenvalue weighted by molar-refractivity contribution is 6.01. The number of aromatic amines is 1. The van der Waals surface area contributed by atoms with Crippen LogP contribution in [0.5, 0.6) is 5.75 Å². The molecule has 0 aliphatic carbocycles. The number of aromatic nitrogens is 1. The molecule has 1 atom stereocenters. The van der Waals surface area contributed by atoms with Gasteiger partial charge in [-0.2, -0.15) is 0 Å². The summed E-state index contributed by atoms with van der Waals surface area (Å²) in [7, 11) is 1.62. The van der Waals surface area contributed by atoms with Gasteiger partial charge in [0, 0.05) is 30.5 Å². The van der Waals surface area contributed by atoms with Gasteiger partial charge >= 0.3 is 0 Å². The Morgan fingerprint density at radius 2 is 1.86 bits per heavy atom. The van der Waals surface area contributed by atoms with Crippen molar-refractivity contribution in [2.24, 2.45) is 5.92 Å². The molecule has 2 amide bonds. The maximum absolute atomic E-state index is 13.5. The molecule has 3 aromatic rings. The largest absolute Gasteiger partial charge is 0.496 e. The minimum Gasteiger partial charge on any atom is -0.496 e. The van der Waals surface area contributed by atoms with E-state index < -0.39 is 0 Å². The molecule has 2 aliphatic rings. The van der Waals surface area contributed by atoms with Gasteiger partial charge in [-0.3, -0.25) is 9.59 Å². The van der Waals surface area contributed by atoms with Crippen molar-refractivity contribution >= 4 is 22.7 Å². The molecule has 1 aromatic heterocycles. The Balaban J connectivity index is 1.38. The molecule has 1 N–H and O–H groups in total. The van der Waals surface area contributed by atoms with Gasteiger partial charge in [0.25, 0.3) is 5.91 Å². The van der Waals surface area contributed by atoms with Crippen LogP contribution in [0, 0.1) is 5.92 Å². The first-order valence-electron chi connectivity index (χ1n) is 12.5. The van der Waals surface area contributed by atoms with Crippen molar-refractivity contribution in [2.45, 2.75) is 32.4 Å². The first-order chi connectivity index (χ1) is 17.0. The van der Waals surface area contributed by atoms with Crippen LogP contribution >= 0.6 is 0 Å². The summed E-state index contributed by atoms with van der Waals surface area (Å²) in [5.74, 6) is 1.32. The molecule has 0 unspecified atom stereocenters. The van der Waals surface area contributed by atoms with E-state index in [0.29, 0.717) is 18.8 Å².